The number of aryl methyl sites for hydroxylation is 2. The second kappa shape index (κ2) is 9.60. The standard InChI is InChI=1S/C24H24N6O3S/c1-14-8-9-30-20(10-14)25-15(2)19(23(30)33)12-21-27-28-24(29(21)4)34-13-22(32)26-18-7-5-6-17(11-18)16(3)31/h5-11H,12-13H2,1-4H3,(H,26,32). The van der Waals surface area contributed by atoms with Crippen LogP contribution in [-0.4, -0.2) is 41.6 Å². The number of hydrogen-bond acceptors (Lipinski definition) is 7. The van der Waals surface area contributed by atoms with Crippen molar-refractivity contribution in [2.75, 3.05) is 11.1 Å². The van der Waals surface area contributed by atoms with E-state index < -0.39 is 0 Å². The van der Waals surface area contributed by atoms with Crippen molar-refractivity contribution in [3.8, 4) is 0 Å². The lowest BCUT2D eigenvalue weighted by Crippen LogP contribution is -2.22. The van der Waals surface area contributed by atoms with Crippen molar-refractivity contribution < 1.29 is 9.59 Å². The van der Waals surface area contributed by atoms with Gasteiger partial charge in [-0.05, 0) is 50.6 Å². The maximum atomic E-state index is 13.0. The molecule has 174 valence electrons. The molecule has 0 saturated heterocycles. The lowest BCUT2D eigenvalue weighted by atomic mass is 10.1. The highest BCUT2D eigenvalue weighted by molar-refractivity contribution is 7.99. The number of aromatic nitrogens is 5. The van der Waals surface area contributed by atoms with E-state index in [0.29, 0.717) is 39.1 Å². The summed E-state index contributed by atoms with van der Waals surface area (Å²) < 4.78 is 3.31. The molecule has 34 heavy (non-hydrogen) atoms. The Morgan fingerprint density at radius 3 is 2.68 bits per heavy atom. The van der Waals surface area contributed by atoms with Crippen LogP contribution in [0.3, 0.4) is 0 Å². The molecule has 4 aromatic rings. The van der Waals surface area contributed by atoms with Gasteiger partial charge in [-0.25, -0.2) is 4.98 Å². The van der Waals surface area contributed by atoms with Crippen LogP contribution in [0.5, 0.6) is 0 Å². The van der Waals surface area contributed by atoms with Gasteiger partial charge in [0.1, 0.15) is 11.5 Å². The maximum absolute atomic E-state index is 13.0. The van der Waals surface area contributed by atoms with Gasteiger partial charge in [0.15, 0.2) is 10.9 Å². The van der Waals surface area contributed by atoms with Crippen molar-refractivity contribution in [1.82, 2.24) is 24.1 Å². The fourth-order valence-corrected chi connectivity index (χ4v) is 4.25. The molecule has 1 amide bonds. The molecule has 0 saturated carbocycles. The molecule has 10 heteroatoms. The minimum absolute atomic E-state index is 0.0660. The highest BCUT2D eigenvalue weighted by Gasteiger charge is 2.17. The third-order valence-electron chi connectivity index (χ3n) is 5.43. The second-order valence-corrected chi connectivity index (χ2v) is 8.96. The molecule has 0 spiro atoms. The fourth-order valence-electron chi connectivity index (χ4n) is 3.52. The van der Waals surface area contributed by atoms with Crippen molar-refractivity contribution in [3.63, 3.8) is 0 Å². The number of anilines is 1. The van der Waals surface area contributed by atoms with Crippen molar-refractivity contribution in [3.05, 3.63) is 81.2 Å². The van der Waals surface area contributed by atoms with E-state index in [1.165, 1.54) is 23.1 Å². The minimum Gasteiger partial charge on any atom is -0.325 e. The van der Waals surface area contributed by atoms with Gasteiger partial charge in [-0.15, -0.1) is 10.2 Å². The maximum Gasteiger partial charge on any atom is 0.261 e. The number of thioether (sulfide) groups is 1. The third kappa shape index (κ3) is 4.91. The van der Waals surface area contributed by atoms with Crippen LogP contribution in [0.4, 0.5) is 5.69 Å². The number of hydrogen-bond donors (Lipinski definition) is 1. The summed E-state index contributed by atoms with van der Waals surface area (Å²) in [6.45, 7) is 5.25. The Morgan fingerprint density at radius 2 is 1.91 bits per heavy atom. The van der Waals surface area contributed by atoms with E-state index in [9.17, 15) is 14.4 Å². The first-order valence-corrected chi connectivity index (χ1v) is 11.6. The number of amides is 1. The number of carbonyl (C=O) groups is 2. The highest BCUT2D eigenvalue weighted by Crippen LogP contribution is 2.19. The molecule has 0 bridgehead atoms. The number of fused-ring (bicyclic) bond motifs is 1. The summed E-state index contributed by atoms with van der Waals surface area (Å²) in [5.74, 6) is 0.433. The van der Waals surface area contributed by atoms with Gasteiger partial charge in [0.25, 0.3) is 5.56 Å². The van der Waals surface area contributed by atoms with Gasteiger partial charge < -0.3 is 9.88 Å². The van der Waals surface area contributed by atoms with Gasteiger partial charge >= 0.3 is 0 Å². The number of rotatable bonds is 7. The Bertz CT molecular complexity index is 1470. The van der Waals surface area contributed by atoms with E-state index in [4.69, 9.17) is 0 Å². The first kappa shape index (κ1) is 23.4. The summed E-state index contributed by atoms with van der Waals surface area (Å²) in [6, 6.07) is 10.5. The van der Waals surface area contributed by atoms with Crippen molar-refractivity contribution in [1.29, 1.82) is 0 Å². The Kier molecular flexibility index (Phi) is 6.60. The zero-order valence-electron chi connectivity index (χ0n) is 19.3. The molecule has 1 aromatic carbocycles. The number of benzene rings is 1. The SMILES string of the molecule is CC(=O)c1cccc(NC(=O)CSc2nnc(Cc3c(C)nc4cc(C)ccn4c3=O)n2C)c1. The summed E-state index contributed by atoms with van der Waals surface area (Å²) in [7, 11) is 1.80. The third-order valence-corrected chi connectivity index (χ3v) is 6.45. The number of Topliss-reactive ketones (excluding diaryl/α,β-unsaturated/α-hetero) is 1. The lowest BCUT2D eigenvalue weighted by molar-refractivity contribution is -0.113. The van der Waals surface area contributed by atoms with Crippen LogP contribution in [-0.2, 0) is 18.3 Å². The molecule has 0 unspecified atom stereocenters. The molecule has 0 radical (unpaired) electrons. The van der Waals surface area contributed by atoms with Gasteiger partial charge in [0, 0.05) is 42.2 Å². The van der Waals surface area contributed by atoms with E-state index in [1.807, 2.05) is 26.0 Å². The molecule has 0 aliphatic carbocycles. The van der Waals surface area contributed by atoms with Crippen molar-refractivity contribution in [2.24, 2.45) is 7.05 Å². The molecular weight excluding hydrogens is 452 g/mol. The van der Waals surface area contributed by atoms with Crippen LogP contribution in [0, 0.1) is 13.8 Å². The van der Waals surface area contributed by atoms with Crippen molar-refractivity contribution >= 4 is 34.8 Å². The largest absolute Gasteiger partial charge is 0.325 e. The molecule has 3 aromatic heterocycles. The minimum atomic E-state index is -0.224. The van der Waals surface area contributed by atoms with E-state index >= 15 is 0 Å². The molecule has 9 nitrogen and oxygen atoms in total. The molecule has 0 atom stereocenters. The number of pyridine rings is 1. The van der Waals surface area contributed by atoms with Crippen LogP contribution in [0.25, 0.3) is 5.65 Å². The summed E-state index contributed by atoms with van der Waals surface area (Å²) in [6.07, 6.45) is 2.01. The smallest absolute Gasteiger partial charge is 0.261 e. The van der Waals surface area contributed by atoms with Gasteiger partial charge in [-0.3, -0.25) is 18.8 Å². The Balaban J connectivity index is 1.46. The van der Waals surface area contributed by atoms with E-state index in [2.05, 4.69) is 20.5 Å². The van der Waals surface area contributed by atoms with E-state index in [-0.39, 0.29) is 29.4 Å². The van der Waals surface area contributed by atoms with Gasteiger partial charge in [0.05, 0.1) is 5.75 Å². The molecule has 0 aliphatic heterocycles. The zero-order valence-corrected chi connectivity index (χ0v) is 20.1. The average molecular weight is 477 g/mol. The normalized spacial score (nSPS) is 11.1. The van der Waals surface area contributed by atoms with E-state index in [0.717, 1.165) is 5.56 Å². The molecular formula is C24H24N6O3S. The summed E-state index contributed by atoms with van der Waals surface area (Å²) in [4.78, 5) is 41.5. The highest BCUT2D eigenvalue weighted by atomic mass is 32.2. The topological polar surface area (TPSA) is 111 Å². The predicted molar refractivity (Wildman–Crippen MR) is 131 cm³/mol. The molecule has 4 rings (SSSR count). The summed E-state index contributed by atoms with van der Waals surface area (Å²) >= 11 is 1.24. The first-order chi connectivity index (χ1) is 16.2. The van der Waals surface area contributed by atoms with Crippen LogP contribution in [0.15, 0.2) is 52.5 Å². The molecule has 1 N–H and O–H groups in total. The zero-order chi connectivity index (χ0) is 24.4. The summed E-state index contributed by atoms with van der Waals surface area (Å²) in [5.41, 5.74) is 3.81. The predicted octanol–water partition coefficient (Wildman–Crippen LogP) is 2.96. The molecule has 0 fully saturated rings. The van der Waals surface area contributed by atoms with Gasteiger partial charge in [-0.1, -0.05) is 23.9 Å². The van der Waals surface area contributed by atoms with Gasteiger partial charge in [0.2, 0.25) is 5.91 Å². The molecule has 0 aliphatic rings. The van der Waals surface area contributed by atoms with Crippen LogP contribution in [0.1, 0.15) is 39.9 Å². The fraction of sp³-hybridized carbons (Fsp3) is 0.250. The first-order valence-electron chi connectivity index (χ1n) is 10.6. The Morgan fingerprint density at radius 1 is 1.12 bits per heavy atom. The average Bonchev–Trinajstić information content (AvgIpc) is 3.14. The van der Waals surface area contributed by atoms with Crippen molar-refractivity contribution in [2.45, 2.75) is 32.3 Å². The van der Waals surface area contributed by atoms with Gasteiger partial charge in [-0.2, -0.15) is 0 Å². The quantitative estimate of drug-likeness (QED) is 0.322. The number of carbonyl (C=O) groups excluding carboxylic acids is 2. The Labute approximate surface area is 200 Å². The van der Waals surface area contributed by atoms with Crippen LogP contribution >= 0.6 is 11.8 Å². The number of ketones is 1. The van der Waals surface area contributed by atoms with E-state index in [1.54, 1.807) is 42.1 Å². The number of nitrogens with zero attached hydrogens (tertiary/aromatic N) is 5. The lowest BCUT2D eigenvalue weighted by Gasteiger charge is -2.09. The number of nitrogens with one attached hydrogen (secondary N) is 1. The van der Waals surface area contributed by atoms with Crippen LogP contribution in [0.2, 0.25) is 0 Å². The Hall–Kier alpha value is -3.79. The second-order valence-electron chi connectivity index (χ2n) is 8.02. The van der Waals surface area contributed by atoms with Crippen LogP contribution < -0.4 is 10.9 Å². The molecule has 3 heterocycles. The summed E-state index contributed by atoms with van der Waals surface area (Å²) in [5, 5.41) is 11.8. The monoisotopic (exact) mass is 476 g/mol.